The minimum atomic E-state index is -0.514. The van der Waals surface area contributed by atoms with Gasteiger partial charge in [-0.25, -0.2) is 4.98 Å². The maximum Gasteiger partial charge on any atom is 0.224 e. The molecule has 26 heavy (non-hydrogen) atoms. The van der Waals surface area contributed by atoms with E-state index in [0.717, 1.165) is 24.5 Å². The van der Waals surface area contributed by atoms with E-state index in [1.54, 1.807) is 22.0 Å². The molecular weight excluding hydrogens is 332 g/mol. The Labute approximate surface area is 154 Å². The quantitative estimate of drug-likeness (QED) is 0.768. The lowest BCUT2D eigenvalue weighted by Gasteiger charge is -2.26. The monoisotopic (exact) mass is 360 g/mol. The Morgan fingerprint density at radius 2 is 2.15 bits per heavy atom. The zero-order valence-electron chi connectivity index (χ0n) is 15.7. The maximum absolute atomic E-state index is 12.5. The van der Waals surface area contributed by atoms with Gasteiger partial charge in [-0.3, -0.25) is 14.4 Å². The Bertz CT molecular complexity index is 740. The number of nitrogens with zero attached hydrogens (tertiary/aromatic N) is 6. The molecule has 3 rings (SSSR count). The van der Waals surface area contributed by atoms with Crippen molar-refractivity contribution in [3.63, 3.8) is 0 Å². The molecule has 0 bridgehead atoms. The lowest BCUT2D eigenvalue weighted by atomic mass is 10.2. The Morgan fingerprint density at radius 1 is 1.35 bits per heavy atom. The van der Waals surface area contributed by atoms with Gasteiger partial charge in [0, 0.05) is 57.7 Å². The van der Waals surface area contributed by atoms with Crippen LogP contribution in [0.25, 0.3) is 0 Å². The summed E-state index contributed by atoms with van der Waals surface area (Å²) in [5, 5.41) is 14.6. The molecule has 0 aromatic carbocycles. The number of rotatable bonds is 7. The van der Waals surface area contributed by atoms with Crippen LogP contribution >= 0.6 is 0 Å². The van der Waals surface area contributed by atoms with Crippen molar-refractivity contribution in [1.82, 2.24) is 29.1 Å². The Balaban J connectivity index is 1.48. The SMILES string of the molecule is Cc1cnn(CCC(=O)N2C[C@@H](O)[C@H](N(C)CCn3ccnc3C)C2)c1. The number of aromatic nitrogens is 4. The van der Waals surface area contributed by atoms with Crippen LogP contribution in [0.5, 0.6) is 0 Å². The number of carbonyl (C=O) groups is 1. The van der Waals surface area contributed by atoms with Crippen molar-refractivity contribution in [3.05, 3.63) is 36.2 Å². The highest BCUT2D eigenvalue weighted by atomic mass is 16.3. The van der Waals surface area contributed by atoms with E-state index >= 15 is 0 Å². The minimum Gasteiger partial charge on any atom is -0.390 e. The molecule has 8 nitrogen and oxygen atoms in total. The molecule has 2 aromatic rings. The maximum atomic E-state index is 12.5. The normalized spacial score (nSPS) is 20.3. The fourth-order valence-electron chi connectivity index (χ4n) is 3.44. The molecule has 3 heterocycles. The van der Waals surface area contributed by atoms with Crippen LogP contribution in [0.2, 0.25) is 0 Å². The zero-order chi connectivity index (χ0) is 18.7. The molecule has 8 heteroatoms. The van der Waals surface area contributed by atoms with E-state index in [-0.39, 0.29) is 11.9 Å². The first-order valence-electron chi connectivity index (χ1n) is 9.07. The molecule has 2 atom stereocenters. The molecule has 0 spiro atoms. The average Bonchev–Trinajstić information content (AvgIpc) is 3.31. The number of likely N-dealkylation sites (tertiary alicyclic amines) is 1. The molecule has 1 fully saturated rings. The average molecular weight is 360 g/mol. The van der Waals surface area contributed by atoms with Crippen molar-refractivity contribution in [2.24, 2.45) is 0 Å². The van der Waals surface area contributed by atoms with Gasteiger partial charge >= 0.3 is 0 Å². The second-order valence-corrected chi connectivity index (χ2v) is 7.11. The number of imidazole rings is 1. The fraction of sp³-hybridized carbons (Fsp3) is 0.611. The van der Waals surface area contributed by atoms with Crippen molar-refractivity contribution >= 4 is 5.91 Å². The van der Waals surface area contributed by atoms with Crippen LogP contribution in [-0.4, -0.2) is 79.0 Å². The summed E-state index contributed by atoms with van der Waals surface area (Å²) in [6.07, 6.45) is 7.36. The molecule has 1 aliphatic heterocycles. The van der Waals surface area contributed by atoms with Crippen molar-refractivity contribution < 1.29 is 9.90 Å². The number of β-amino-alcohol motifs (C(OH)–C–C–N with tert-alkyl or cyclic N) is 1. The van der Waals surface area contributed by atoms with E-state index in [2.05, 4.69) is 19.5 Å². The molecule has 1 N–H and O–H groups in total. The number of hydrogen-bond acceptors (Lipinski definition) is 5. The third-order valence-electron chi connectivity index (χ3n) is 5.11. The standard InChI is InChI=1S/C18H28N6O2/c1-14-10-20-24(11-14)6-4-18(26)23-12-16(17(25)13-23)21(3)8-9-22-7-5-19-15(22)2/h5,7,10-11,16-17,25H,4,6,8-9,12-13H2,1-3H3/t16-,17-/m1/s1. The number of amides is 1. The van der Waals surface area contributed by atoms with Gasteiger partial charge in [-0.2, -0.15) is 5.10 Å². The van der Waals surface area contributed by atoms with Gasteiger partial charge in [0.25, 0.3) is 0 Å². The lowest BCUT2D eigenvalue weighted by molar-refractivity contribution is -0.130. The van der Waals surface area contributed by atoms with Crippen LogP contribution in [0.3, 0.4) is 0 Å². The van der Waals surface area contributed by atoms with Gasteiger partial charge in [-0.05, 0) is 26.5 Å². The molecule has 142 valence electrons. The molecule has 0 saturated carbocycles. The van der Waals surface area contributed by atoms with E-state index in [1.165, 1.54) is 0 Å². The van der Waals surface area contributed by atoms with E-state index in [9.17, 15) is 9.90 Å². The summed E-state index contributed by atoms with van der Waals surface area (Å²) in [5.74, 6) is 1.05. The summed E-state index contributed by atoms with van der Waals surface area (Å²) in [6.45, 7) is 7.11. The predicted molar refractivity (Wildman–Crippen MR) is 97.5 cm³/mol. The number of aryl methyl sites for hydroxylation is 3. The topological polar surface area (TPSA) is 79.4 Å². The van der Waals surface area contributed by atoms with Gasteiger partial charge < -0.3 is 14.6 Å². The summed E-state index contributed by atoms with van der Waals surface area (Å²) in [7, 11) is 2.00. The van der Waals surface area contributed by atoms with Crippen LogP contribution in [0, 0.1) is 13.8 Å². The molecule has 1 amide bonds. The summed E-state index contributed by atoms with van der Waals surface area (Å²) in [6, 6.07) is -0.0327. The third-order valence-corrected chi connectivity index (χ3v) is 5.11. The predicted octanol–water partition coefficient (Wildman–Crippen LogP) is 0.290. The number of aliphatic hydroxyl groups excluding tert-OH is 1. The molecular formula is C18H28N6O2. The van der Waals surface area contributed by atoms with Gasteiger partial charge in [-0.15, -0.1) is 0 Å². The second kappa shape index (κ2) is 8.01. The number of aliphatic hydroxyl groups is 1. The van der Waals surface area contributed by atoms with Crippen molar-refractivity contribution in [2.45, 2.75) is 45.5 Å². The Morgan fingerprint density at radius 3 is 2.81 bits per heavy atom. The Kier molecular flexibility index (Phi) is 5.73. The highest BCUT2D eigenvalue weighted by molar-refractivity contribution is 5.76. The van der Waals surface area contributed by atoms with Crippen LogP contribution in [0.4, 0.5) is 0 Å². The summed E-state index contributed by atoms with van der Waals surface area (Å²) in [4.78, 5) is 20.6. The largest absolute Gasteiger partial charge is 0.390 e. The van der Waals surface area contributed by atoms with Crippen LogP contribution in [0.1, 0.15) is 17.8 Å². The zero-order valence-corrected chi connectivity index (χ0v) is 15.7. The molecule has 1 saturated heterocycles. The Hall–Kier alpha value is -2.19. The summed E-state index contributed by atoms with van der Waals surface area (Å²) < 4.78 is 3.88. The highest BCUT2D eigenvalue weighted by Gasteiger charge is 2.36. The van der Waals surface area contributed by atoms with Gasteiger partial charge in [-0.1, -0.05) is 0 Å². The summed E-state index contributed by atoms with van der Waals surface area (Å²) in [5.41, 5.74) is 1.09. The van der Waals surface area contributed by atoms with E-state index in [0.29, 0.717) is 26.1 Å². The van der Waals surface area contributed by atoms with Crippen LogP contribution in [0.15, 0.2) is 24.8 Å². The number of likely N-dealkylation sites (N-methyl/N-ethyl adjacent to an activating group) is 1. The molecule has 1 aliphatic rings. The van der Waals surface area contributed by atoms with Crippen LogP contribution < -0.4 is 0 Å². The molecule has 2 aromatic heterocycles. The lowest BCUT2D eigenvalue weighted by Crippen LogP contribution is -2.42. The fourth-order valence-corrected chi connectivity index (χ4v) is 3.44. The van der Waals surface area contributed by atoms with Crippen molar-refractivity contribution in [2.75, 3.05) is 26.7 Å². The van der Waals surface area contributed by atoms with Crippen LogP contribution in [-0.2, 0) is 17.9 Å². The number of hydrogen-bond donors (Lipinski definition) is 1. The minimum absolute atomic E-state index is 0.0327. The van der Waals surface area contributed by atoms with Gasteiger partial charge in [0.05, 0.1) is 18.3 Å². The van der Waals surface area contributed by atoms with E-state index < -0.39 is 6.10 Å². The molecule has 0 unspecified atom stereocenters. The second-order valence-electron chi connectivity index (χ2n) is 7.11. The summed E-state index contributed by atoms with van der Waals surface area (Å²) >= 11 is 0. The first kappa shape index (κ1) is 18.6. The highest BCUT2D eigenvalue weighted by Crippen LogP contribution is 2.17. The van der Waals surface area contributed by atoms with Gasteiger partial charge in [0.1, 0.15) is 5.82 Å². The first-order chi connectivity index (χ1) is 12.4. The molecule has 0 radical (unpaired) electrons. The van der Waals surface area contributed by atoms with Gasteiger partial charge in [0.2, 0.25) is 5.91 Å². The smallest absolute Gasteiger partial charge is 0.224 e. The molecule has 0 aliphatic carbocycles. The third kappa shape index (κ3) is 4.31. The van der Waals surface area contributed by atoms with E-state index in [1.807, 2.05) is 33.3 Å². The first-order valence-corrected chi connectivity index (χ1v) is 9.07. The van der Waals surface area contributed by atoms with Crippen molar-refractivity contribution in [3.8, 4) is 0 Å². The number of carbonyl (C=O) groups excluding carboxylic acids is 1. The van der Waals surface area contributed by atoms with Crippen molar-refractivity contribution in [1.29, 1.82) is 0 Å². The van der Waals surface area contributed by atoms with E-state index in [4.69, 9.17) is 0 Å². The van der Waals surface area contributed by atoms with Gasteiger partial charge in [0.15, 0.2) is 0 Å².